The van der Waals surface area contributed by atoms with Crippen LogP contribution in [0, 0.1) is 11.3 Å². The van der Waals surface area contributed by atoms with Crippen LogP contribution in [0.3, 0.4) is 0 Å². The largest absolute Gasteiger partial charge is 0.273 e. The van der Waals surface area contributed by atoms with Gasteiger partial charge in [-0.05, 0) is 0 Å². The number of thioether (sulfide) groups is 1. The molecule has 1 aliphatic rings. The number of nitrogens with zero attached hydrogens (tertiary/aromatic N) is 3. The molecule has 7 heteroatoms. The number of hydrogen-bond donors (Lipinski definition) is 1. The Kier molecular flexibility index (Phi) is 2.43. The Morgan fingerprint density at radius 1 is 1.47 bits per heavy atom. The van der Waals surface area contributed by atoms with Crippen LogP contribution in [0.5, 0.6) is 0 Å². The molecule has 1 aliphatic heterocycles. The molecule has 15 heavy (non-hydrogen) atoms. The number of nitriles is 1. The maximum absolute atomic E-state index is 11.5. The number of rotatable bonds is 1. The molecule has 1 aromatic heterocycles. The molecule has 2 amide bonds. The van der Waals surface area contributed by atoms with Crippen LogP contribution in [0.1, 0.15) is 5.56 Å². The van der Waals surface area contributed by atoms with E-state index in [4.69, 9.17) is 5.26 Å². The van der Waals surface area contributed by atoms with E-state index in [1.54, 1.807) is 0 Å². The highest BCUT2D eigenvalue weighted by atomic mass is 32.2. The molecule has 0 atom stereocenters. The molecule has 0 bridgehead atoms. The molecule has 0 radical (unpaired) electrons. The lowest BCUT2D eigenvalue weighted by Crippen LogP contribution is -2.43. The van der Waals surface area contributed by atoms with Crippen LogP contribution >= 0.6 is 11.8 Å². The molecule has 0 unspecified atom stereocenters. The average molecular weight is 222 g/mol. The van der Waals surface area contributed by atoms with Crippen molar-refractivity contribution in [1.29, 1.82) is 5.26 Å². The molecule has 0 saturated carbocycles. The molecule has 1 aromatic rings. The Hall–Kier alpha value is -1.81. The summed E-state index contributed by atoms with van der Waals surface area (Å²) in [6, 6.07) is 1.87. The Bertz CT molecular complexity index is 445. The fourth-order valence-corrected chi connectivity index (χ4v) is 1.98. The van der Waals surface area contributed by atoms with Crippen LogP contribution in [0.2, 0.25) is 0 Å². The first-order valence-corrected chi connectivity index (χ1v) is 5.26. The second kappa shape index (κ2) is 3.74. The minimum atomic E-state index is -0.322. The highest BCUT2D eigenvalue weighted by Crippen LogP contribution is 2.21. The van der Waals surface area contributed by atoms with Crippen molar-refractivity contribution >= 4 is 29.4 Å². The molecule has 76 valence electrons. The Morgan fingerprint density at radius 3 is 2.73 bits per heavy atom. The third-order valence-corrected chi connectivity index (χ3v) is 2.82. The van der Waals surface area contributed by atoms with Crippen molar-refractivity contribution in [3.8, 4) is 6.07 Å². The van der Waals surface area contributed by atoms with Crippen LogP contribution in [0.4, 0.5) is 5.82 Å². The summed E-state index contributed by atoms with van der Waals surface area (Å²) in [6.45, 7) is 0. The van der Waals surface area contributed by atoms with Gasteiger partial charge >= 0.3 is 0 Å². The molecule has 1 N–H and O–H groups in total. The SMILES string of the molecule is N#Cc1cn[nH]c1N1C(=O)CSCC1=O. The smallest absolute Gasteiger partial charge is 0.245 e. The predicted octanol–water partition coefficient (Wildman–Crippen LogP) is -0.112. The number of amides is 2. The van der Waals surface area contributed by atoms with Gasteiger partial charge in [-0.3, -0.25) is 14.7 Å². The number of nitrogens with one attached hydrogen (secondary N) is 1. The number of anilines is 1. The highest BCUT2D eigenvalue weighted by molar-refractivity contribution is 8.00. The lowest BCUT2D eigenvalue weighted by molar-refractivity contribution is -0.124. The van der Waals surface area contributed by atoms with Crippen LogP contribution < -0.4 is 4.90 Å². The van der Waals surface area contributed by atoms with E-state index in [0.29, 0.717) is 0 Å². The zero-order chi connectivity index (χ0) is 10.8. The molecule has 2 heterocycles. The van der Waals surface area contributed by atoms with Gasteiger partial charge in [-0.1, -0.05) is 0 Å². The van der Waals surface area contributed by atoms with E-state index in [2.05, 4.69) is 10.2 Å². The maximum Gasteiger partial charge on any atom is 0.245 e. The molecule has 0 spiro atoms. The zero-order valence-corrected chi connectivity index (χ0v) is 8.37. The molecular formula is C8H6N4O2S. The number of carbonyl (C=O) groups is 2. The number of carbonyl (C=O) groups excluding carboxylic acids is 2. The Labute approximate surface area is 89.2 Å². The summed E-state index contributed by atoms with van der Waals surface area (Å²) in [5.74, 6) is 0.0208. The van der Waals surface area contributed by atoms with Gasteiger partial charge < -0.3 is 0 Å². The quantitative estimate of drug-likeness (QED) is 0.669. The summed E-state index contributed by atoms with van der Waals surface area (Å²) in [5, 5.41) is 14.9. The zero-order valence-electron chi connectivity index (χ0n) is 7.56. The van der Waals surface area contributed by atoms with Crippen LogP contribution in [0.15, 0.2) is 6.20 Å². The summed E-state index contributed by atoms with van der Waals surface area (Å²) >= 11 is 1.27. The average Bonchev–Trinajstić information content (AvgIpc) is 2.65. The van der Waals surface area contributed by atoms with Crippen molar-refractivity contribution in [2.45, 2.75) is 0 Å². The minimum absolute atomic E-state index is 0.174. The van der Waals surface area contributed by atoms with Crippen molar-refractivity contribution in [3.63, 3.8) is 0 Å². The molecule has 0 aliphatic carbocycles. The highest BCUT2D eigenvalue weighted by Gasteiger charge is 2.30. The van der Waals surface area contributed by atoms with E-state index < -0.39 is 0 Å². The number of aromatic amines is 1. The number of imide groups is 1. The molecular weight excluding hydrogens is 216 g/mol. The Balaban J connectivity index is 2.41. The summed E-state index contributed by atoms with van der Waals surface area (Å²) in [4.78, 5) is 24.0. The lowest BCUT2D eigenvalue weighted by Gasteiger charge is -2.22. The van der Waals surface area contributed by atoms with Gasteiger partial charge in [0.1, 0.15) is 11.6 Å². The normalized spacial score (nSPS) is 16.6. The summed E-state index contributed by atoms with van der Waals surface area (Å²) in [7, 11) is 0. The first kappa shape index (κ1) is 9.73. The maximum atomic E-state index is 11.5. The summed E-state index contributed by atoms with van der Waals surface area (Å²) in [5.41, 5.74) is 0.198. The van der Waals surface area contributed by atoms with Crippen molar-refractivity contribution in [2.75, 3.05) is 16.4 Å². The van der Waals surface area contributed by atoms with Gasteiger partial charge in [-0.15, -0.1) is 11.8 Å². The third-order valence-electron chi connectivity index (χ3n) is 1.91. The molecule has 2 rings (SSSR count). The Morgan fingerprint density at radius 2 is 2.13 bits per heavy atom. The van der Waals surface area contributed by atoms with Crippen molar-refractivity contribution in [3.05, 3.63) is 11.8 Å². The fraction of sp³-hybridized carbons (Fsp3) is 0.250. The van der Waals surface area contributed by atoms with Crippen molar-refractivity contribution in [2.24, 2.45) is 0 Å². The standard InChI is InChI=1S/C8H6N4O2S/c9-1-5-2-10-11-8(5)12-6(13)3-15-4-7(12)14/h2H,3-4H2,(H,10,11). The molecule has 1 saturated heterocycles. The number of aromatic nitrogens is 2. The van der Waals surface area contributed by atoms with Crippen LogP contribution in [-0.4, -0.2) is 33.5 Å². The number of hydrogen-bond acceptors (Lipinski definition) is 5. The van der Waals surface area contributed by atoms with Gasteiger partial charge in [-0.2, -0.15) is 10.4 Å². The fourth-order valence-electron chi connectivity index (χ4n) is 1.27. The molecule has 6 nitrogen and oxygen atoms in total. The van der Waals surface area contributed by atoms with E-state index >= 15 is 0 Å². The first-order chi connectivity index (χ1) is 7.24. The van der Waals surface area contributed by atoms with E-state index in [1.165, 1.54) is 18.0 Å². The van der Waals surface area contributed by atoms with E-state index in [1.807, 2.05) is 6.07 Å². The van der Waals surface area contributed by atoms with E-state index in [9.17, 15) is 9.59 Å². The molecule has 0 aromatic carbocycles. The second-order valence-electron chi connectivity index (χ2n) is 2.86. The summed E-state index contributed by atoms with van der Waals surface area (Å²) < 4.78 is 0. The van der Waals surface area contributed by atoms with Gasteiger partial charge in [-0.25, -0.2) is 4.90 Å². The van der Waals surface area contributed by atoms with E-state index in [0.717, 1.165) is 4.90 Å². The van der Waals surface area contributed by atoms with Gasteiger partial charge in [0.25, 0.3) is 0 Å². The van der Waals surface area contributed by atoms with Crippen molar-refractivity contribution < 1.29 is 9.59 Å². The molecule has 1 fully saturated rings. The third kappa shape index (κ3) is 1.59. The second-order valence-corrected chi connectivity index (χ2v) is 3.85. The topological polar surface area (TPSA) is 89.8 Å². The van der Waals surface area contributed by atoms with Crippen molar-refractivity contribution in [1.82, 2.24) is 10.2 Å². The predicted molar refractivity (Wildman–Crippen MR) is 53.1 cm³/mol. The summed E-state index contributed by atoms with van der Waals surface area (Å²) in [6.07, 6.45) is 1.29. The van der Waals surface area contributed by atoms with Gasteiger partial charge in [0.2, 0.25) is 11.8 Å². The van der Waals surface area contributed by atoms with Crippen LogP contribution in [0.25, 0.3) is 0 Å². The van der Waals surface area contributed by atoms with Crippen LogP contribution in [-0.2, 0) is 9.59 Å². The van der Waals surface area contributed by atoms with Gasteiger partial charge in [0.05, 0.1) is 17.7 Å². The first-order valence-electron chi connectivity index (χ1n) is 4.11. The lowest BCUT2D eigenvalue weighted by atomic mass is 10.3. The monoisotopic (exact) mass is 222 g/mol. The van der Waals surface area contributed by atoms with Gasteiger partial charge in [0.15, 0.2) is 5.82 Å². The van der Waals surface area contributed by atoms with E-state index in [-0.39, 0.29) is 34.7 Å². The number of H-pyrrole nitrogens is 1. The minimum Gasteiger partial charge on any atom is -0.273 e. The van der Waals surface area contributed by atoms with Gasteiger partial charge in [0, 0.05) is 0 Å².